The van der Waals surface area contributed by atoms with E-state index in [1.807, 2.05) is 44.2 Å². The number of pyridine rings is 1. The average Bonchev–Trinajstić information content (AvgIpc) is 3.67. The van der Waals surface area contributed by atoms with Crippen molar-refractivity contribution < 1.29 is 9.63 Å². The molecule has 0 amide bonds. The smallest absolute Gasteiger partial charge is 0.273 e. The molecule has 0 saturated carbocycles. The van der Waals surface area contributed by atoms with Crippen molar-refractivity contribution in [3.8, 4) is 11.5 Å². The number of hydrogen-bond acceptors (Lipinski definition) is 11. The second kappa shape index (κ2) is 10.9. The van der Waals surface area contributed by atoms with E-state index in [-0.39, 0.29) is 29.6 Å². The van der Waals surface area contributed by atoms with Gasteiger partial charge in [0.1, 0.15) is 17.2 Å². The molecule has 3 aliphatic heterocycles. The Morgan fingerprint density at radius 3 is 2.53 bits per heavy atom. The molecule has 13 nitrogen and oxygen atoms in total. The van der Waals surface area contributed by atoms with Gasteiger partial charge in [-0.25, -0.2) is 9.97 Å². The normalized spacial score (nSPS) is 20.5. The molecule has 4 N–H and O–H groups in total. The lowest BCUT2D eigenvalue weighted by Crippen LogP contribution is -2.51. The van der Waals surface area contributed by atoms with Crippen LogP contribution in [0.2, 0.25) is 0 Å². The second-order valence-corrected chi connectivity index (χ2v) is 11.6. The van der Waals surface area contributed by atoms with Crippen LogP contribution < -0.4 is 16.2 Å². The van der Waals surface area contributed by atoms with Gasteiger partial charge >= 0.3 is 0 Å². The minimum Gasteiger partial charge on any atom is -0.394 e. The first-order chi connectivity index (χ1) is 20.9. The summed E-state index contributed by atoms with van der Waals surface area (Å²) in [5.74, 6) is 2.23. The number of fused-ring (bicyclic) bond motifs is 4. The highest BCUT2D eigenvalue weighted by Gasteiger charge is 2.44. The van der Waals surface area contributed by atoms with Crippen molar-refractivity contribution in [2.75, 3.05) is 36.9 Å². The van der Waals surface area contributed by atoms with Crippen LogP contribution in [0.25, 0.3) is 22.5 Å². The fourth-order valence-electron chi connectivity index (χ4n) is 6.09. The molecule has 0 unspecified atom stereocenters. The van der Waals surface area contributed by atoms with E-state index in [0.717, 1.165) is 50.3 Å². The van der Waals surface area contributed by atoms with Crippen molar-refractivity contribution in [2.45, 2.75) is 50.6 Å². The van der Waals surface area contributed by atoms with Crippen LogP contribution in [0.1, 0.15) is 56.6 Å². The summed E-state index contributed by atoms with van der Waals surface area (Å²) in [6, 6.07) is 12.7. The van der Waals surface area contributed by atoms with E-state index >= 15 is 0 Å². The van der Waals surface area contributed by atoms with E-state index in [1.165, 1.54) is 0 Å². The second-order valence-electron chi connectivity index (χ2n) is 11.6. The van der Waals surface area contributed by atoms with Crippen molar-refractivity contribution in [1.29, 1.82) is 0 Å². The Labute approximate surface area is 247 Å². The third-order valence-corrected chi connectivity index (χ3v) is 8.66. The Bertz CT molecular complexity index is 1790. The predicted octanol–water partition coefficient (Wildman–Crippen LogP) is 3.77. The molecule has 43 heavy (non-hydrogen) atoms. The first-order valence-corrected chi connectivity index (χ1v) is 14.7. The minimum atomic E-state index is -0.443. The zero-order chi connectivity index (χ0) is 29.6. The van der Waals surface area contributed by atoms with Crippen molar-refractivity contribution in [1.82, 2.24) is 39.8 Å². The van der Waals surface area contributed by atoms with Crippen LogP contribution in [0.3, 0.4) is 0 Å². The molecule has 7 heterocycles. The highest BCUT2D eigenvalue weighted by atomic mass is 16.5. The van der Waals surface area contributed by atoms with Crippen molar-refractivity contribution in [3.05, 3.63) is 70.4 Å². The number of nitrogens with one attached hydrogen (secondary N) is 3. The molecule has 222 valence electrons. The third kappa shape index (κ3) is 5.04. The predicted molar refractivity (Wildman–Crippen MR) is 161 cm³/mol. The Hall–Kier alpha value is -4.62. The van der Waals surface area contributed by atoms with Gasteiger partial charge in [0, 0.05) is 17.7 Å². The van der Waals surface area contributed by atoms with Gasteiger partial charge in [-0.15, -0.1) is 0 Å². The average molecular weight is 583 g/mol. The van der Waals surface area contributed by atoms with Crippen LogP contribution >= 0.6 is 0 Å². The molecule has 0 spiro atoms. The van der Waals surface area contributed by atoms with Gasteiger partial charge in [-0.1, -0.05) is 35.5 Å². The SMILES string of the molecule is CC(C)n1[nH]c(=O)c2ccc(Nc3ncc(-c4nc(C56CCN(CC5)CC6)no4)c(N[C@H](CO)c4ccccc4)n3)nc21. The lowest BCUT2D eigenvalue weighted by Gasteiger charge is -2.46. The number of aromatic amines is 1. The molecule has 3 fully saturated rings. The summed E-state index contributed by atoms with van der Waals surface area (Å²) in [6.45, 7) is 6.92. The van der Waals surface area contributed by atoms with Crippen LogP contribution in [-0.2, 0) is 5.41 Å². The largest absolute Gasteiger partial charge is 0.394 e. The Morgan fingerprint density at radius 1 is 1.05 bits per heavy atom. The molecule has 2 bridgehead atoms. The Kier molecular flexibility index (Phi) is 6.90. The molecule has 1 atom stereocenters. The number of H-pyrrole nitrogens is 1. The molecule has 1 aromatic carbocycles. The van der Waals surface area contributed by atoms with Crippen molar-refractivity contribution >= 4 is 28.6 Å². The molecule has 0 radical (unpaired) electrons. The highest BCUT2D eigenvalue weighted by Crippen LogP contribution is 2.42. The number of aromatic nitrogens is 7. The molecule has 0 aliphatic carbocycles. The first-order valence-electron chi connectivity index (χ1n) is 14.7. The maximum Gasteiger partial charge on any atom is 0.273 e. The standard InChI is InChI=1S/C30H34N10O3/c1-18(2)40-25-20(26(42)37-40)8-9-23(33-25)34-29-31-16-21(24(35-29)32-22(17-41)19-6-4-3-5-7-19)27-36-28(38-43-27)30-10-13-39(14-11-30)15-12-30/h3-9,16,18,22,41H,10-15,17H2,1-2H3,(H,37,42)(H2,31,32,33,34,35)/t22-/m1/s1. The van der Waals surface area contributed by atoms with Crippen LogP contribution in [0.4, 0.5) is 17.6 Å². The molecular weight excluding hydrogens is 548 g/mol. The van der Waals surface area contributed by atoms with Gasteiger partial charge in [0.05, 0.1) is 18.0 Å². The monoisotopic (exact) mass is 582 g/mol. The van der Waals surface area contributed by atoms with E-state index in [2.05, 4.69) is 35.8 Å². The number of hydrogen-bond donors (Lipinski definition) is 4. The summed E-state index contributed by atoms with van der Waals surface area (Å²) in [7, 11) is 0. The number of piperidine rings is 3. The van der Waals surface area contributed by atoms with Crippen molar-refractivity contribution in [3.63, 3.8) is 0 Å². The Morgan fingerprint density at radius 2 is 1.81 bits per heavy atom. The molecule has 3 saturated heterocycles. The summed E-state index contributed by atoms with van der Waals surface area (Å²) in [5.41, 5.74) is 1.71. The molecule has 13 heteroatoms. The lowest BCUT2D eigenvalue weighted by molar-refractivity contribution is 0.0747. The Balaban J connectivity index is 1.25. The quantitative estimate of drug-likeness (QED) is 0.200. The number of benzene rings is 1. The van der Waals surface area contributed by atoms with Gasteiger partial charge in [0.15, 0.2) is 11.5 Å². The lowest BCUT2D eigenvalue weighted by atomic mass is 9.71. The maximum absolute atomic E-state index is 12.4. The fourth-order valence-corrected chi connectivity index (χ4v) is 6.09. The topological polar surface area (TPSA) is 163 Å². The number of nitrogens with zero attached hydrogens (tertiary/aromatic N) is 7. The van der Waals surface area contributed by atoms with E-state index in [1.54, 1.807) is 23.0 Å². The summed E-state index contributed by atoms with van der Waals surface area (Å²) in [4.78, 5) is 33.7. The van der Waals surface area contributed by atoms with Crippen LogP contribution in [0.15, 0.2) is 58.0 Å². The minimum absolute atomic E-state index is 0.0210. The van der Waals surface area contributed by atoms with Gasteiger partial charge in [-0.3, -0.25) is 14.6 Å². The van der Waals surface area contributed by atoms with Gasteiger partial charge in [0.2, 0.25) is 5.95 Å². The maximum atomic E-state index is 12.4. The molecule has 4 aromatic heterocycles. The molecule has 8 rings (SSSR count). The number of aliphatic hydroxyl groups is 1. The molecule has 5 aromatic rings. The number of anilines is 3. The highest BCUT2D eigenvalue weighted by molar-refractivity contribution is 5.77. The summed E-state index contributed by atoms with van der Waals surface area (Å²) in [6.07, 6.45) is 4.68. The zero-order valence-corrected chi connectivity index (χ0v) is 24.1. The summed E-state index contributed by atoms with van der Waals surface area (Å²) in [5, 5.41) is 24.6. The summed E-state index contributed by atoms with van der Waals surface area (Å²) < 4.78 is 7.56. The fraction of sp³-hybridized carbons (Fsp3) is 0.400. The third-order valence-electron chi connectivity index (χ3n) is 8.66. The van der Waals surface area contributed by atoms with Crippen molar-refractivity contribution in [2.24, 2.45) is 0 Å². The molecule has 3 aliphatic rings. The van der Waals surface area contributed by atoms with Gasteiger partial charge in [-0.2, -0.15) is 9.97 Å². The van der Waals surface area contributed by atoms with E-state index in [4.69, 9.17) is 14.5 Å². The number of rotatable bonds is 9. The number of aliphatic hydroxyl groups excluding tert-OH is 1. The van der Waals surface area contributed by atoms with Gasteiger partial charge < -0.3 is 25.2 Å². The van der Waals surface area contributed by atoms with Crippen LogP contribution in [0, 0.1) is 0 Å². The van der Waals surface area contributed by atoms with Crippen LogP contribution in [0.5, 0.6) is 0 Å². The van der Waals surface area contributed by atoms with Crippen LogP contribution in [-0.4, -0.2) is 71.1 Å². The van der Waals surface area contributed by atoms with E-state index in [0.29, 0.717) is 34.1 Å². The van der Waals surface area contributed by atoms with E-state index in [9.17, 15) is 9.90 Å². The zero-order valence-electron chi connectivity index (χ0n) is 24.1. The van der Waals surface area contributed by atoms with Gasteiger partial charge in [0.25, 0.3) is 11.4 Å². The van der Waals surface area contributed by atoms with E-state index < -0.39 is 6.04 Å². The summed E-state index contributed by atoms with van der Waals surface area (Å²) >= 11 is 0. The first kappa shape index (κ1) is 27.2. The molecular formula is C30H34N10O3. The van der Waals surface area contributed by atoms with Gasteiger partial charge in [-0.05, 0) is 70.4 Å².